The number of benzene rings is 1. The number of amidine groups is 1. The molecule has 0 spiro atoms. The van der Waals surface area contributed by atoms with Gasteiger partial charge in [0, 0.05) is 13.5 Å². The van der Waals surface area contributed by atoms with Gasteiger partial charge in [-0.1, -0.05) is 24.3 Å². The van der Waals surface area contributed by atoms with Crippen LogP contribution in [0.3, 0.4) is 0 Å². The van der Waals surface area contributed by atoms with E-state index in [1.807, 2.05) is 6.07 Å². The highest BCUT2D eigenvalue weighted by Crippen LogP contribution is 2.09. The molecule has 0 aliphatic carbocycles. The molecule has 1 aromatic rings. The van der Waals surface area contributed by atoms with Crippen molar-refractivity contribution in [2.24, 2.45) is 10.8 Å². The fraction of sp³-hybridized carbons (Fsp3) is 0.462. The summed E-state index contributed by atoms with van der Waals surface area (Å²) in [7, 11) is 1.67. The van der Waals surface area contributed by atoms with E-state index in [-0.39, 0.29) is 0 Å². The van der Waals surface area contributed by atoms with E-state index in [2.05, 4.69) is 35.5 Å². The van der Waals surface area contributed by atoms with Crippen molar-refractivity contribution >= 4 is 5.84 Å². The molecule has 0 radical (unpaired) electrons. The largest absolute Gasteiger partial charge is 0.383 e. The zero-order valence-corrected chi connectivity index (χ0v) is 10.6. The Morgan fingerprint density at radius 2 is 2.18 bits per heavy atom. The van der Waals surface area contributed by atoms with Gasteiger partial charge in [-0.15, -0.1) is 0 Å². The van der Waals surface area contributed by atoms with Crippen molar-refractivity contribution in [2.75, 3.05) is 20.3 Å². The van der Waals surface area contributed by atoms with Crippen LogP contribution in [0.25, 0.3) is 0 Å². The second-order valence-corrected chi connectivity index (χ2v) is 3.89. The smallest absolute Gasteiger partial charge is 0.111 e. The maximum absolute atomic E-state index is 5.44. The zero-order valence-electron chi connectivity index (χ0n) is 10.6. The molecule has 0 atom stereocenters. The Morgan fingerprint density at radius 3 is 2.82 bits per heavy atom. The van der Waals surface area contributed by atoms with Crippen molar-refractivity contribution in [1.29, 1.82) is 0 Å². The summed E-state index contributed by atoms with van der Waals surface area (Å²) in [5, 5.41) is 0. The lowest BCUT2D eigenvalue weighted by Crippen LogP contribution is -2.31. The molecule has 0 aliphatic heterocycles. The number of aryl methyl sites for hydroxylation is 2. The summed E-state index contributed by atoms with van der Waals surface area (Å²) in [5.74, 6) is 6.26. The molecular formula is C13H21N3O. The molecular weight excluding hydrogens is 214 g/mol. The number of ether oxygens (including phenoxy) is 1. The summed E-state index contributed by atoms with van der Waals surface area (Å²) in [6.45, 7) is 3.38. The molecule has 0 saturated carbocycles. The fourth-order valence-corrected chi connectivity index (χ4v) is 1.61. The highest BCUT2D eigenvalue weighted by Gasteiger charge is 2.00. The van der Waals surface area contributed by atoms with Crippen molar-refractivity contribution in [2.45, 2.75) is 19.8 Å². The van der Waals surface area contributed by atoms with E-state index < -0.39 is 0 Å². The number of aliphatic imine (C=N–C) groups is 1. The minimum absolute atomic E-state index is 0.621. The van der Waals surface area contributed by atoms with Crippen LogP contribution in [0.4, 0.5) is 0 Å². The SMILES string of the molecule is COCCN=C(CCc1ccccc1C)NN. The van der Waals surface area contributed by atoms with Gasteiger partial charge in [0.15, 0.2) is 0 Å². The lowest BCUT2D eigenvalue weighted by atomic mass is 10.0. The summed E-state index contributed by atoms with van der Waals surface area (Å²) in [4.78, 5) is 4.33. The van der Waals surface area contributed by atoms with Crippen LogP contribution in [-0.4, -0.2) is 26.1 Å². The Kier molecular flexibility index (Phi) is 6.29. The molecule has 17 heavy (non-hydrogen) atoms. The number of hydrogen-bond donors (Lipinski definition) is 2. The number of hydrazine groups is 1. The number of nitrogens with one attached hydrogen (secondary N) is 1. The van der Waals surface area contributed by atoms with E-state index in [0.717, 1.165) is 18.7 Å². The maximum Gasteiger partial charge on any atom is 0.111 e. The molecule has 0 saturated heterocycles. The number of nitrogens with zero attached hydrogens (tertiary/aromatic N) is 1. The van der Waals surface area contributed by atoms with Crippen molar-refractivity contribution < 1.29 is 4.74 Å². The van der Waals surface area contributed by atoms with E-state index in [0.29, 0.717) is 13.2 Å². The predicted octanol–water partition coefficient (Wildman–Crippen LogP) is 1.44. The van der Waals surface area contributed by atoms with Crippen LogP contribution in [0.2, 0.25) is 0 Å². The van der Waals surface area contributed by atoms with Crippen LogP contribution in [0, 0.1) is 6.92 Å². The number of nitrogens with two attached hydrogens (primary N) is 1. The molecule has 1 aromatic carbocycles. The molecule has 0 aromatic heterocycles. The van der Waals surface area contributed by atoms with Gasteiger partial charge in [0.05, 0.1) is 13.2 Å². The van der Waals surface area contributed by atoms with Crippen LogP contribution in [0.15, 0.2) is 29.3 Å². The van der Waals surface area contributed by atoms with Crippen LogP contribution in [0.5, 0.6) is 0 Å². The molecule has 0 unspecified atom stereocenters. The monoisotopic (exact) mass is 235 g/mol. The summed E-state index contributed by atoms with van der Waals surface area (Å²) in [6.07, 6.45) is 1.77. The van der Waals surface area contributed by atoms with Gasteiger partial charge >= 0.3 is 0 Å². The topological polar surface area (TPSA) is 59.6 Å². The van der Waals surface area contributed by atoms with Gasteiger partial charge in [-0.3, -0.25) is 4.99 Å². The van der Waals surface area contributed by atoms with Crippen LogP contribution in [0.1, 0.15) is 17.5 Å². The highest BCUT2D eigenvalue weighted by atomic mass is 16.5. The van der Waals surface area contributed by atoms with Crippen molar-refractivity contribution in [1.82, 2.24) is 5.43 Å². The molecule has 4 heteroatoms. The third-order valence-corrected chi connectivity index (χ3v) is 2.66. The van der Waals surface area contributed by atoms with E-state index in [1.54, 1.807) is 7.11 Å². The molecule has 0 fully saturated rings. The minimum atomic E-state index is 0.621. The quantitative estimate of drug-likeness (QED) is 0.258. The van der Waals surface area contributed by atoms with Crippen LogP contribution >= 0.6 is 0 Å². The first-order valence-electron chi connectivity index (χ1n) is 5.81. The first-order valence-corrected chi connectivity index (χ1v) is 5.81. The van der Waals surface area contributed by atoms with E-state index in [9.17, 15) is 0 Å². The first-order chi connectivity index (χ1) is 8.27. The van der Waals surface area contributed by atoms with Crippen molar-refractivity contribution in [3.63, 3.8) is 0 Å². The van der Waals surface area contributed by atoms with Crippen LogP contribution in [-0.2, 0) is 11.2 Å². The number of rotatable bonds is 6. The average Bonchev–Trinajstić information content (AvgIpc) is 2.35. The lowest BCUT2D eigenvalue weighted by Gasteiger charge is -2.08. The second-order valence-electron chi connectivity index (χ2n) is 3.89. The van der Waals surface area contributed by atoms with E-state index >= 15 is 0 Å². The zero-order chi connectivity index (χ0) is 12.5. The third kappa shape index (κ3) is 4.97. The lowest BCUT2D eigenvalue weighted by molar-refractivity contribution is 0.208. The van der Waals surface area contributed by atoms with Gasteiger partial charge in [-0.25, -0.2) is 5.84 Å². The molecule has 4 nitrogen and oxygen atoms in total. The van der Waals surface area contributed by atoms with Crippen molar-refractivity contribution in [3.05, 3.63) is 35.4 Å². The summed E-state index contributed by atoms with van der Waals surface area (Å²) in [5.41, 5.74) is 5.29. The molecule has 94 valence electrons. The van der Waals surface area contributed by atoms with Crippen LogP contribution < -0.4 is 11.3 Å². The van der Waals surface area contributed by atoms with E-state index in [4.69, 9.17) is 10.6 Å². The van der Waals surface area contributed by atoms with Gasteiger partial charge in [0.1, 0.15) is 5.84 Å². The molecule has 1 rings (SSSR count). The molecule has 3 N–H and O–H groups in total. The molecule has 0 heterocycles. The van der Waals surface area contributed by atoms with Gasteiger partial charge in [-0.05, 0) is 24.5 Å². The molecule has 0 aliphatic rings. The number of methoxy groups -OCH3 is 1. The van der Waals surface area contributed by atoms with E-state index in [1.165, 1.54) is 11.1 Å². The number of hydrogen-bond acceptors (Lipinski definition) is 3. The molecule has 0 amide bonds. The highest BCUT2D eigenvalue weighted by molar-refractivity contribution is 5.81. The Balaban J connectivity index is 2.48. The van der Waals surface area contributed by atoms with Gasteiger partial charge < -0.3 is 10.2 Å². The summed E-state index contributed by atoms with van der Waals surface area (Å²) < 4.78 is 4.94. The van der Waals surface area contributed by atoms with Gasteiger partial charge in [0.2, 0.25) is 0 Å². The minimum Gasteiger partial charge on any atom is -0.383 e. The Morgan fingerprint density at radius 1 is 1.41 bits per heavy atom. The summed E-state index contributed by atoms with van der Waals surface area (Å²) in [6, 6.07) is 8.36. The Hall–Kier alpha value is -1.39. The summed E-state index contributed by atoms with van der Waals surface area (Å²) >= 11 is 0. The third-order valence-electron chi connectivity index (χ3n) is 2.66. The first kappa shape index (κ1) is 13.7. The fourth-order valence-electron chi connectivity index (χ4n) is 1.61. The maximum atomic E-state index is 5.44. The predicted molar refractivity (Wildman–Crippen MR) is 71.0 cm³/mol. The Labute approximate surface area is 103 Å². The standard InChI is InChI=1S/C13H21N3O/c1-11-5-3-4-6-12(11)7-8-13(16-14)15-9-10-17-2/h3-6H,7-10,14H2,1-2H3,(H,15,16). The Bertz CT molecular complexity index is 363. The average molecular weight is 235 g/mol. The normalized spacial score (nSPS) is 11.6. The second kappa shape index (κ2) is 7.81. The van der Waals surface area contributed by atoms with Gasteiger partial charge in [-0.2, -0.15) is 0 Å². The van der Waals surface area contributed by atoms with Crippen molar-refractivity contribution in [3.8, 4) is 0 Å². The molecule has 0 bridgehead atoms. The van der Waals surface area contributed by atoms with Gasteiger partial charge in [0.25, 0.3) is 0 Å².